The first-order chi connectivity index (χ1) is 9.19. The number of likely N-dealkylation sites (N-methyl/N-ethyl adjacent to an activating group) is 1. The van der Waals surface area contributed by atoms with Gasteiger partial charge in [0, 0.05) is 13.1 Å². The summed E-state index contributed by atoms with van der Waals surface area (Å²) in [5.74, 6) is 2.21. The highest BCUT2D eigenvalue weighted by atomic mass is 16.5. The molecular formula is C15H23NO3. The summed E-state index contributed by atoms with van der Waals surface area (Å²) in [6.45, 7) is 2.17. The zero-order chi connectivity index (χ0) is 13.7. The standard InChI is InChI=1S/C15H23NO3/c1-16(11-15(17)12-3-4-12)9-10-19-14-7-5-13(18-2)6-8-14/h5-8,12,15,17H,3-4,9-11H2,1-2H3. The Balaban J connectivity index is 1.64. The van der Waals surface area contributed by atoms with Crippen molar-refractivity contribution in [2.75, 3.05) is 33.9 Å². The van der Waals surface area contributed by atoms with Gasteiger partial charge in [0.1, 0.15) is 18.1 Å². The molecule has 1 saturated carbocycles. The van der Waals surface area contributed by atoms with Gasteiger partial charge in [-0.05, 0) is 50.1 Å². The third-order valence-corrected chi connectivity index (χ3v) is 3.47. The maximum atomic E-state index is 9.84. The number of rotatable bonds is 8. The normalized spacial score (nSPS) is 16.4. The minimum absolute atomic E-state index is 0.175. The molecule has 1 unspecified atom stereocenters. The predicted octanol–water partition coefficient (Wildman–Crippen LogP) is 1.78. The molecule has 0 heterocycles. The molecule has 1 aliphatic rings. The molecule has 1 fully saturated rings. The smallest absolute Gasteiger partial charge is 0.119 e. The van der Waals surface area contributed by atoms with E-state index in [-0.39, 0.29) is 6.10 Å². The first-order valence-corrected chi connectivity index (χ1v) is 6.82. The molecule has 2 rings (SSSR count). The van der Waals surface area contributed by atoms with Gasteiger partial charge in [0.2, 0.25) is 0 Å². The summed E-state index contributed by atoms with van der Waals surface area (Å²) >= 11 is 0. The summed E-state index contributed by atoms with van der Waals surface area (Å²) in [6.07, 6.45) is 2.18. The first-order valence-electron chi connectivity index (χ1n) is 6.82. The van der Waals surface area contributed by atoms with Gasteiger partial charge in [-0.25, -0.2) is 0 Å². The van der Waals surface area contributed by atoms with E-state index < -0.39 is 0 Å². The molecule has 0 aromatic heterocycles. The molecule has 1 N–H and O–H groups in total. The van der Waals surface area contributed by atoms with Crippen LogP contribution >= 0.6 is 0 Å². The van der Waals surface area contributed by atoms with E-state index in [4.69, 9.17) is 9.47 Å². The molecule has 0 saturated heterocycles. The summed E-state index contributed by atoms with van der Waals surface area (Å²) in [5.41, 5.74) is 0. The zero-order valence-corrected chi connectivity index (χ0v) is 11.7. The topological polar surface area (TPSA) is 41.9 Å². The lowest BCUT2D eigenvalue weighted by Crippen LogP contribution is -2.33. The van der Waals surface area contributed by atoms with Crippen molar-refractivity contribution in [3.8, 4) is 11.5 Å². The number of hydrogen-bond acceptors (Lipinski definition) is 4. The first kappa shape index (κ1) is 14.2. The van der Waals surface area contributed by atoms with Crippen LogP contribution in [0.1, 0.15) is 12.8 Å². The lowest BCUT2D eigenvalue weighted by molar-refractivity contribution is 0.0998. The van der Waals surface area contributed by atoms with Crippen LogP contribution in [0.4, 0.5) is 0 Å². The van der Waals surface area contributed by atoms with Gasteiger partial charge in [-0.3, -0.25) is 0 Å². The summed E-state index contributed by atoms with van der Waals surface area (Å²) in [5, 5.41) is 9.84. The van der Waals surface area contributed by atoms with Crippen LogP contribution in [-0.4, -0.2) is 50.0 Å². The van der Waals surface area contributed by atoms with E-state index in [0.29, 0.717) is 12.5 Å². The van der Waals surface area contributed by atoms with Crippen molar-refractivity contribution in [2.45, 2.75) is 18.9 Å². The molecule has 4 heteroatoms. The molecule has 0 amide bonds. The predicted molar refractivity (Wildman–Crippen MR) is 74.7 cm³/mol. The van der Waals surface area contributed by atoms with Crippen molar-refractivity contribution in [3.63, 3.8) is 0 Å². The number of aliphatic hydroxyl groups excluding tert-OH is 1. The number of nitrogens with zero attached hydrogens (tertiary/aromatic N) is 1. The number of aliphatic hydroxyl groups is 1. The van der Waals surface area contributed by atoms with Gasteiger partial charge in [0.25, 0.3) is 0 Å². The second-order valence-corrected chi connectivity index (χ2v) is 5.19. The van der Waals surface area contributed by atoms with Gasteiger partial charge in [0.05, 0.1) is 13.2 Å². The lowest BCUT2D eigenvalue weighted by atomic mass is 10.2. The lowest BCUT2D eigenvalue weighted by Gasteiger charge is -2.20. The van der Waals surface area contributed by atoms with Crippen molar-refractivity contribution >= 4 is 0 Å². The van der Waals surface area contributed by atoms with E-state index in [9.17, 15) is 5.11 Å². The van der Waals surface area contributed by atoms with E-state index in [1.807, 2.05) is 31.3 Å². The second kappa shape index (κ2) is 6.78. The fourth-order valence-electron chi connectivity index (χ4n) is 2.03. The van der Waals surface area contributed by atoms with Crippen molar-refractivity contribution < 1.29 is 14.6 Å². The quantitative estimate of drug-likeness (QED) is 0.778. The number of hydrogen-bond donors (Lipinski definition) is 1. The van der Waals surface area contributed by atoms with Crippen LogP contribution in [0.15, 0.2) is 24.3 Å². The SMILES string of the molecule is COc1ccc(OCCN(C)CC(O)C2CC2)cc1. The highest BCUT2D eigenvalue weighted by Crippen LogP contribution is 2.32. The Morgan fingerprint density at radius 2 is 1.89 bits per heavy atom. The molecule has 1 aromatic carbocycles. The third-order valence-electron chi connectivity index (χ3n) is 3.47. The summed E-state index contributed by atoms with van der Waals surface area (Å²) in [4.78, 5) is 2.12. The monoisotopic (exact) mass is 265 g/mol. The number of benzene rings is 1. The zero-order valence-electron chi connectivity index (χ0n) is 11.7. The molecule has 1 aliphatic carbocycles. The van der Waals surface area contributed by atoms with Crippen LogP contribution in [0.2, 0.25) is 0 Å². The molecule has 0 radical (unpaired) electrons. The summed E-state index contributed by atoms with van der Waals surface area (Å²) in [6, 6.07) is 7.57. The summed E-state index contributed by atoms with van der Waals surface area (Å²) < 4.78 is 10.7. The maximum Gasteiger partial charge on any atom is 0.119 e. The maximum absolute atomic E-state index is 9.84. The summed E-state index contributed by atoms with van der Waals surface area (Å²) in [7, 11) is 3.67. The van der Waals surface area contributed by atoms with E-state index in [1.54, 1.807) is 7.11 Å². The molecule has 19 heavy (non-hydrogen) atoms. The van der Waals surface area contributed by atoms with E-state index >= 15 is 0 Å². The van der Waals surface area contributed by atoms with Gasteiger partial charge < -0.3 is 19.5 Å². The minimum atomic E-state index is -0.175. The van der Waals surface area contributed by atoms with Crippen LogP contribution in [0.25, 0.3) is 0 Å². The molecular weight excluding hydrogens is 242 g/mol. The van der Waals surface area contributed by atoms with Crippen LogP contribution in [-0.2, 0) is 0 Å². The Morgan fingerprint density at radius 3 is 2.47 bits per heavy atom. The van der Waals surface area contributed by atoms with E-state index in [1.165, 1.54) is 12.8 Å². The fraction of sp³-hybridized carbons (Fsp3) is 0.600. The van der Waals surface area contributed by atoms with Crippen molar-refractivity contribution in [3.05, 3.63) is 24.3 Å². The van der Waals surface area contributed by atoms with Gasteiger partial charge in [-0.1, -0.05) is 0 Å². The highest BCUT2D eigenvalue weighted by Gasteiger charge is 2.30. The van der Waals surface area contributed by atoms with Crippen molar-refractivity contribution in [2.24, 2.45) is 5.92 Å². The van der Waals surface area contributed by atoms with Crippen molar-refractivity contribution in [1.29, 1.82) is 0 Å². The Bertz CT molecular complexity index is 375. The molecule has 1 aromatic rings. The van der Waals surface area contributed by atoms with Gasteiger partial charge in [0.15, 0.2) is 0 Å². The molecule has 0 spiro atoms. The Morgan fingerprint density at radius 1 is 1.26 bits per heavy atom. The van der Waals surface area contributed by atoms with Crippen LogP contribution in [0.3, 0.4) is 0 Å². The fourth-order valence-corrected chi connectivity index (χ4v) is 2.03. The minimum Gasteiger partial charge on any atom is -0.497 e. The van der Waals surface area contributed by atoms with Crippen LogP contribution in [0.5, 0.6) is 11.5 Å². The Labute approximate surface area is 114 Å². The second-order valence-electron chi connectivity index (χ2n) is 5.19. The van der Waals surface area contributed by atoms with Crippen LogP contribution < -0.4 is 9.47 Å². The molecule has 0 bridgehead atoms. The third kappa shape index (κ3) is 4.73. The van der Waals surface area contributed by atoms with E-state index in [0.717, 1.165) is 24.6 Å². The molecule has 0 aliphatic heterocycles. The van der Waals surface area contributed by atoms with Gasteiger partial charge in [-0.2, -0.15) is 0 Å². The highest BCUT2D eigenvalue weighted by molar-refractivity contribution is 5.31. The van der Waals surface area contributed by atoms with Crippen LogP contribution in [0, 0.1) is 5.92 Å². The number of methoxy groups -OCH3 is 1. The Kier molecular flexibility index (Phi) is 5.05. The largest absolute Gasteiger partial charge is 0.497 e. The Hall–Kier alpha value is -1.26. The number of ether oxygens (including phenoxy) is 2. The molecule has 4 nitrogen and oxygen atoms in total. The van der Waals surface area contributed by atoms with Crippen molar-refractivity contribution in [1.82, 2.24) is 4.90 Å². The molecule has 1 atom stereocenters. The van der Waals surface area contributed by atoms with Gasteiger partial charge in [-0.15, -0.1) is 0 Å². The average molecular weight is 265 g/mol. The van der Waals surface area contributed by atoms with E-state index in [2.05, 4.69) is 4.90 Å². The molecule has 106 valence electrons. The average Bonchev–Trinajstić information content (AvgIpc) is 3.24. The van der Waals surface area contributed by atoms with Gasteiger partial charge >= 0.3 is 0 Å².